The first-order valence-corrected chi connectivity index (χ1v) is 7.86. The van der Waals surface area contributed by atoms with Gasteiger partial charge in [-0.3, -0.25) is 4.68 Å². The number of fused-ring (bicyclic) bond motifs is 1. The number of aromatic hydroxyl groups is 1. The fourth-order valence-electron chi connectivity index (χ4n) is 2.59. The molecule has 130 valence electrons. The largest absolute Gasteiger partial charge is 0.508 e. The van der Waals surface area contributed by atoms with Crippen molar-refractivity contribution >= 4 is 34.0 Å². The summed E-state index contributed by atoms with van der Waals surface area (Å²) in [6.07, 6.45) is 2.99. The Hall–Kier alpha value is -3.68. The number of nitrogens with one attached hydrogen (secondary N) is 2. The van der Waals surface area contributed by atoms with Gasteiger partial charge in [-0.25, -0.2) is 9.37 Å². The topological polar surface area (TPSA) is 87.9 Å². The SMILES string of the molecule is Cn1cc2cc(Nc3ncc(F)c(Nc4cccc(O)c4)n3)ccc2n1. The number of benzene rings is 2. The second kappa shape index (κ2) is 6.32. The monoisotopic (exact) mass is 350 g/mol. The number of phenols is 1. The van der Waals surface area contributed by atoms with E-state index in [0.29, 0.717) is 5.69 Å². The molecule has 0 radical (unpaired) electrons. The van der Waals surface area contributed by atoms with Gasteiger partial charge in [0.05, 0.1) is 11.7 Å². The van der Waals surface area contributed by atoms with Gasteiger partial charge in [0, 0.05) is 36.1 Å². The van der Waals surface area contributed by atoms with E-state index in [-0.39, 0.29) is 17.5 Å². The van der Waals surface area contributed by atoms with Crippen LogP contribution in [0, 0.1) is 5.82 Å². The molecule has 7 nitrogen and oxygen atoms in total. The van der Waals surface area contributed by atoms with Crippen molar-refractivity contribution in [1.29, 1.82) is 0 Å². The van der Waals surface area contributed by atoms with Gasteiger partial charge in [0.1, 0.15) is 5.75 Å². The number of halogens is 1. The van der Waals surface area contributed by atoms with Crippen molar-refractivity contribution in [2.75, 3.05) is 10.6 Å². The first-order valence-electron chi connectivity index (χ1n) is 7.86. The molecular weight excluding hydrogens is 335 g/mol. The minimum absolute atomic E-state index is 0.00977. The molecule has 2 aromatic heterocycles. The van der Waals surface area contributed by atoms with E-state index in [4.69, 9.17) is 0 Å². The molecule has 2 aromatic carbocycles. The minimum atomic E-state index is -0.596. The summed E-state index contributed by atoms with van der Waals surface area (Å²) < 4.78 is 15.8. The number of anilines is 4. The van der Waals surface area contributed by atoms with Crippen LogP contribution in [0.25, 0.3) is 10.9 Å². The van der Waals surface area contributed by atoms with Gasteiger partial charge < -0.3 is 15.7 Å². The minimum Gasteiger partial charge on any atom is -0.508 e. The number of aryl methyl sites for hydroxylation is 1. The average molecular weight is 350 g/mol. The van der Waals surface area contributed by atoms with E-state index in [0.717, 1.165) is 22.8 Å². The summed E-state index contributed by atoms with van der Waals surface area (Å²) in [5.41, 5.74) is 2.16. The summed E-state index contributed by atoms with van der Waals surface area (Å²) in [5.74, 6) is -0.262. The van der Waals surface area contributed by atoms with Crippen molar-refractivity contribution in [2.45, 2.75) is 0 Å². The number of nitrogens with zero attached hydrogens (tertiary/aromatic N) is 4. The first kappa shape index (κ1) is 15.8. The maximum Gasteiger partial charge on any atom is 0.229 e. The lowest BCUT2D eigenvalue weighted by molar-refractivity contribution is 0.475. The summed E-state index contributed by atoms with van der Waals surface area (Å²) in [5, 5.41) is 20.7. The van der Waals surface area contributed by atoms with Crippen LogP contribution in [-0.2, 0) is 7.05 Å². The smallest absolute Gasteiger partial charge is 0.229 e. The fourth-order valence-corrected chi connectivity index (χ4v) is 2.59. The molecule has 0 spiro atoms. The summed E-state index contributed by atoms with van der Waals surface area (Å²) in [6.45, 7) is 0. The number of aromatic nitrogens is 4. The number of hydrogen-bond donors (Lipinski definition) is 3. The van der Waals surface area contributed by atoms with Crippen LogP contribution in [0.3, 0.4) is 0 Å². The molecule has 0 fully saturated rings. The van der Waals surface area contributed by atoms with E-state index in [1.54, 1.807) is 16.8 Å². The molecule has 0 atom stereocenters. The second-order valence-corrected chi connectivity index (χ2v) is 5.77. The number of hydrogen-bond acceptors (Lipinski definition) is 6. The van der Waals surface area contributed by atoms with Gasteiger partial charge in [0.15, 0.2) is 11.6 Å². The van der Waals surface area contributed by atoms with E-state index < -0.39 is 5.82 Å². The molecule has 26 heavy (non-hydrogen) atoms. The van der Waals surface area contributed by atoms with Crippen molar-refractivity contribution in [2.24, 2.45) is 7.05 Å². The molecule has 3 N–H and O–H groups in total. The lowest BCUT2D eigenvalue weighted by Crippen LogP contribution is -2.03. The van der Waals surface area contributed by atoms with Crippen LogP contribution in [0.15, 0.2) is 54.9 Å². The van der Waals surface area contributed by atoms with Crippen LogP contribution in [0.1, 0.15) is 0 Å². The lowest BCUT2D eigenvalue weighted by atomic mass is 10.2. The zero-order valence-corrected chi connectivity index (χ0v) is 13.8. The van der Waals surface area contributed by atoms with Crippen LogP contribution in [0.4, 0.5) is 27.5 Å². The quantitative estimate of drug-likeness (QED) is 0.520. The molecule has 0 saturated carbocycles. The Morgan fingerprint density at radius 3 is 2.77 bits per heavy atom. The Balaban J connectivity index is 1.60. The molecule has 2 heterocycles. The molecule has 0 aliphatic heterocycles. The molecule has 0 bridgehead atoms. The van der Waals surface area contributed by atoms with Gasteiger partial charge in [-0.05, 0) is 30.3 Å². The van der Waals surface area contributed by atoms with Crippen molar-refractivity contribution in [3.05, 3.63) is 60.7 Å². The van der Waals surface area contributed by atoms with Gasteiger partial charge in [0.25, 0.3) is 0 Å². The van der Waals surface area contributed by atoms with Crippen molar-refractivity contribution in [3.8, 4) is 5.75 Å². The van der Waals surface area contributed by atoms with Crippen molar-refractivity contribution in [3.63, 3.8) is 0 Å². The molecule has 0 aliphatic carbocycles. The summed E-state index contributed by atoms with van der Waals surface area (Å²) in [7, 11) is 1.86. The third-order valence-corrected chi connectivity index (χ3v) is 3.73. The molecule has 0 unspecified atom stereocenters. The fraction of sp³-hybridized carbons (Fsp3) is 0.0556. The lowest BCUT2D eigenvalue weighted by Gasteiger charge is -2.09. The summed E-state index contributed by atoms with van der Waals surface area (Å²) >= 11 is 0. The molecule has 8 heteroatoms. The third kappa shape index (κ3) is 3.25. The van der Waals surface area contributed by atoms with Crippen LogP contribution in [0.2, 0.25) is 0 Å². The normalized spacial score (nSPS) is 10.8. The Labute approximate surface area is 148 Å². The Morgan fingerprint density at radius 1 is 1.08 bits per heavy atom. The van der Waals surface area contributed by atoms with E-state index in [1.807, 2.05) is 31.4 Å². The van der Waals surface area contributed by atoms with E-state index in [2.05, 4.69) is 25.7 Å². The Kier molecular flexibility index (Phi) is 3.85. The van der Waals surface area contributed by atoms with E-state index in [9.17, 15) is 9.50 Å². The highest BCUT2D eigenvalue weighted by molar-refractivity contribution is 5.82. The Morgan fingerprint density at radius 2 is 1.92 bits per heavy atom. The van der Waals surface area contributed by atoms with Crippen LogP contribution < -0.4 is 10.6 Å². The van der Waals surface area contributed by atoms with Crippen LogP contribution >= 0.6 is 0 Å². The van der Waals surface area contributed by atoms with Crippen molar-refractivity contribution < 1.29 is 9.50 Å². The van der Waals surface area contributed by atoms with Crippen LogP contribution in [-0.4, -0.2) is 24.9 Å². The molecule has 0 aliphatic rings. The summed E-state index contributed by atoms with van der Waals surface area (Å²) in [4.78, 5) is 8.14. The maximum atomic E-state index is 14.0. The zero-order chi connectivity index (χ0) is 18.1. The zero-order valence-electron chi connectivity index (χ0n) is 13.8. The first-order chi connectivity index (χ1) is 12.6. The highest BCUT2D eigenvalue weighted by Gasteiger charge is 2.09. The third-order valence-electron chi connectivity index (χ3n) is 3.73. The molecule has 4 aromatic rings. The van der Waals surface area contributed by atoms with E-state index in [1.165, 1.54) is 12.1 Å². The average Bonchev–Trinajstić information content (AvgIpc) is 2.97. The highest BCUT2D eigenvalue weighted by atomic mass is 19.1. The number of phenolic OH excluding ortho intramolecular Hbond substituents is 1. The van der Waals surface area contributed by atoms with Crippen LogP contribution in [0.5, 0.6) is 5.75 Å². The van der Waals surface area contributed by atoms with Gasteiger partial charge >= 0.3 is 0 Å². The van der Waals surface area contributed by atoms with E-state index >= 15 is 0 Å². The molecule has 4 rings (SSSR count). The van der Waals surface area contributed by atoms with Gasteiger partial charge in [-0.2, -0.15) is 10.1 Å². The van der Waals surface area contributed by atoms with Gasteiger partial charge in [0.2, 0.25) is 5.95 Å². The highest BCUT2D eigenvalue weighted by Crippen LogP contribution is 2.24. The Bertz CT molecular complexity index is 1090. The summed E-state index contributed by atoms with van der Waals surface area (Å²) in [6, 6.07) is 12.0. The second-order valence-electron chi connectivity index (χ2n) is 5.77. The standard InChI is InChI=1S/C18H15FN6O/c1-25-10-11-7-13(5-6-16(11)24-25)22-18-20-9-15(19)17(23-18)21-12-3-2-4-14(26)8-12/h2-10,26H,1H3,(H2,20,21,22,23). The van der Waals surface area contributed by atoms with Gasteiger partial charge in [-0.1, -0.05) is 6.07 Å². The van der Waals surface area contributed by atoms with Gasteiger partial charge in [-0.15, -0.1) is 0 Å². The molecular formula is C18H15FN6O. The predicted molar refractivity (Wildman–Crippen MR) is 97.4 cm³/mol. The maximum absolute atomic E-state index is 14.0. The van der Waals surface area contributed by atoms with Crippen molar-refractivity contribution in [1.82, 2.24) is 19.7 Å². The molecule has 0 amide bonds. The predicted octanol–water partition coefficient (Wildman–Crippen LogP) is 3.70. The number of rotatable bonds is 4. The molecule has 0 saturated heterocycles.